The molecule has 0 spiro atoms. The normalized spacial score (nSPS) is 14.9. The number of carbonyl (C=O) groups excluding carboxylic acids is 2. The number of nitrogens with zero attached hydrogens (tertiary/aromatic N) is 2. The second kappa shape index (κ2) is 16.9. The molecule has 1 heterocycles. The molecule has 0 aromatic carbocycles. The van der Waals surface area contributed by atoms with Crippen LogP contribution < -0.4 is 15.8 Å². The fraction of sp³-hybridized carbons (Fsp3) is 0.667. The van der Waals surface area contributed by atoms with Gasteiger partial charge in [0.2, 0.25) is 18.6 Å². The van der Waals surface area contributed by atoms with Gasteiger partial charge in [0.25, 0.3) is 0 Å². The molecule has 1 aliphatic carbocycles. The van der Waals surface area contributed by atoms with Gasteiger partial charge in [-0.15, -0.1) is 0 Å². The van der Waals surface area contributed by atoms with Gasteiger partial charge in [0.1, 0.15) is 19.0 Å². The van der Waals surface area contributed by atoms with Gasteiger partial charge in [-0.3, -0.25) is 13.9 Å². The van der Waals surface area contributed by atoms with Crippen LogP contribution in [0.25, 0.3) is 0 Å². The third-order valence-electron chi connectivity index (χ3n) is 4.80. The molecule has 0 radical (unpaired) electrons. The summed E-state index contributed by atoms with van der Waals surface area (Å²) in [5.41, 5.74) is 6.26. The maximum Gasteiger partial charge on any atom is 0.510 e. The van der Waals surface area contributed by atoms with Crippen molar-refractivity contribution in [2.24, 2.45) is 0 Å². The van der Waals surface area contributed by atoms with E-state index in [1.807, 2.05) is 6.92 Å². The lowest BCUT2D eigenvalue weighted by atomic mass is 10.3. The maximum atomic E-state index is 13.4. The lowest BCUT2D eigenvalue weighted by Crippen LogP contribution is -2.15. The average molecular weight is 575 g/mol. The molecular formula is C24H39N4O10P. The van der Waals surface area contributed by atoms with Gasteiger partial charge in [-0.25, -0.2) is 4.79 Å². The minimum atomic E-state index is -3.80. The predicted molar refractivity (Wildman–Crippen MR) is 141 cm³/mol. The van der Waals surface area contributed by atoms with Crippen molar-refractivity contribution in [1.82, 2.24) is 9.97 Å². The van der Waals surface area contributed by atoms with Crippen LogP contribution in [0.15, 0.2) is 17.7 Å². The molecule has 14 nitrogen and oxygen atoms in total. The van der Waals surface area contributed by atoms with Crippen LogP contribution in [0.3, 0.4) is 0 Å². The first-order valence-electron chi connectivity index (χ1n) is 12.7. The highest BCUT2D eigenvalue weighted by molar-refractivity contribution is 7.54. The number of nitrogens with one attached hydrogen (secondary N) is 1. The van der Waals surface area contributed by atoms with Gasteiger partial charge < -0.3 is 39.3 Å². The lowest BCUT2D eigenvalue weighted by molar-refractivity contribution is -0.140. The first kappa shape index (κ1) is 32.3. The zero-order valence-corrected chi connectivity index (χ0v) is 23.8. The standard InChI is InChI=1S/C24H39N4O10P/c1-5-32-10-6-11-36-39(31,37-16-35-24(30)38-17(2)3)12-9-19(14-33-18(4)29)15-34-22-13-21(26-20-7-8-20)27-23(25)28-22/h9,13,17,20H,5-8,10-12,14-16H2,1-4H3,(H3,25,26,27,28)/b19-9+. The molecule has 1 fully saturated rings. The predicted octanol–water partition coefficient (Wildman–Crippen LogP) is 3.67. The molecule has 1 aliphatic rings. The van der Waals surface area contributed by atoms with Gasteiger partial charge in [-0.1, -0.05) is 6.08 Å². The van der Waals surface area contributed by atoms with Crippen molar-refractivity contribution in [1.29, 1.82) is 0 Å². The lowest BCUT2D eigenvalue weighted by Gasteiger charge is -2.18. The van der Waals surface area contributed by atoms with E-state index in [0.717, 1.165) is 12.8 Å². The number of hydrogen-bond acceptors (Lipinski definition) is 14. The van der Waals surface area contributed by atoms with Crippen molar-refractivity contribution in [2.45, 2.75) is 59.1 Å². The number of esters is 1. The Bertz CT molecular complexity index is 1000. The fourth-order valence-corrected chi connectivity index (χ4v) is 4.21. The third-order valence-corrected chi connectivity index (χ3v) is 6.51. The number of anilines is 2. The summed E-state index contributed by atoms with van der Waals surface area (Å²) in [7, 11) is -3.80. The molecule has 15 heteroatoms. The summed E-state index contributed by atoms with van der Waals surface area (Å²) in [5.74, 6) is 0.283. The molecule has 0 amide bonds. The average Bonchev–Trinajstić information content (AvgIpc) is 3.66. The summed E-state index contributed by atoms with van der Waals surface area (Å²) in [6.07, 6.45) is 2.52. The molecule has 39 heavy (non-hydrogen) atoms. The Morgan fingerprint density at radius 2 is 1.95 bits per heavy atom. The van der Waals surface area contributed by atoms with Gasteiger partial charge >= 0.3 is 19.7 Å². The molecule has 220 valence electrons. The van der Waals surface area contributed by atoms with E-state index in [1.54, 1.807) is 19.9 Å². The maximum absolute atomic E-state index is 13.4. The van der Waals surface area contributed by atoms with Crippen molar-refractivity contribution in [2.75, 3.05) is 57.0 Å². The quantitative estimate of drug-likeness (QED) is 0.0803. The van der Waals surface area contributed by atoms with Crippen LogP contribution in [0, 0.1) is 0 Å². The number of nitrogens with two attached hydrogens (primary N) is 1. The third kappa shape index (κ3) is 14.7. The van der Waals surface area contributed by atoms with Gasteiger partial charge in [0, 0.05) is 37.8 Å². The number of ether oxygens (including phenoxy) is 5. The van der Waals surface area contributed by atoms with Crippen molar-refractivity contribution in [3.63, 3.8) is 0 Å². The zero-order valence-electron chi connectivity index (χ0n) is 22.9. The van der Waals surface area contributed by atoms with E-state index in [4.69, 9.17) is 38.5 Å². The topological polar surface area (TPSA) is 180 Å². The van der Waals surface area contributed by atoms with E-state index in [9.17, 15) is 14.2 Å². The number of allylic oxidation sites excluding steroid dienone is 1. The molecule has 0 bridgehead atoms. The molecule has 1 aromatic rings. The molecule has 1 atom stereocenters. The van der Waals surface area contributed by atoms with Crippen LogP contribution in [0.4, 0.5) is 16.6 Å². The second-order valence-corrected chi connectivity index (χ2v) is 10.9. The van der Waals surface area contributed by atoms with E-state index in [0.29, 0.717) is 37.1 Å². The molecule has 1 aromatic heterocycles. The Morgan fingerprint density at radius 1 is 1.18 bits per heavy atom. The van der Waals surface area contributed by atoms with Crippen LogP contribution in [-0.4, -0.2) is 80.2 Å². The van der Waals surface area contributed by atoms with Crippen LogP contribution >= 0.6 is 7.60 Å². The Morgan fingerprint density at radius 3 is 2.62 bits per heavy atom. The minimum Gasteiger partial charge on any atom is -0.473 e. The smallest absolute Gasteiger partial charge is 0.473 e. The monoisotopic (exact) mass is 574 g/mol. The molecular weight excluding hydrogens is 535 g/mol. The highest BCUT2D eigenvalue weighted by Crippen LogP contribution is 2.48. The van der Waals surface area contributed by atoms with E-state index in [2.05, 4.69) is 15.3 Å². The Labute approximate surface area is 228 Å². The van der Waals surface area contributed by atoms with Crippen LogP contribution in [0.2, 0.25) is 0 Å². The summed E-state index contributed by atoms with van der Waals surface area (Å²) >= 11 is 0. The summed E-state index contributed by atoms with van der Waals surface area (Å²) in [4.78, 5) is 31.3. The van der Waals surface area contributed by atoms with E-state index in [1.165, 1.54) is 13.0 Å². The van der Waals surface area contributed by atoms with Crippen LogP contribution in [0.1, 0.15) is 47.0 Å². The van der Waals surface area contributed by atoms with E-state index >= 15 is 0 Å². The first-order chi connectivity index (χ1) is 18.6. The van der Waals surface area contributed by atoms with Crippen molar-refractivity contribution >= 4 is 31.5 Å². The summed E-state index contributed by atoms with van der Waals surface area (Å²) in [6, 6.07) is 1.96. The van der Waals surface area contributed by atoms with Crippen molar-refractivity contribution < 1.29 is 46.9 Å². The van der Waals surface area contributed by atoms with Crippen molar-refractivity contribution in [3.05, 3.63) is 17.7 Å². The van der Waals surface area contributed by atoms with Gasteiger partial charge in [0.15, 0.2) is 0 Å². The number of rotatable bonds is 19. The number of nitrogen functional groups attached to an aromatic ring is 1. The first-order valence-corrected chi connectivity index (χ1v) is 14.5. The molecule has 0 aliphatic heterocycles. The Hall–Kier alpha value is -2.93. The highest BCUT2D eigenvalue weighted by Gasteiger charge is 2.25. The second-order valence-electron chi connectivity index (χ2n) is 8.78. The SMILES string of the molecule is CCOCCCOP(=O)(C/C=C(\COC(C)=O)COc1cc(NC2CC2)nc(N)n1)OCOC(=O)OC(C)C. The van der Waals surface area contributed by atoms with Crippen LogP contribution in [-0.2, 0) is 37.4 Å². The molecule has 0 saturated heterocycles. The molecule has 2 rings (SSSR count). The molecule has 3 N–H and O–H groups in total. The number of aromatic nitrogens is 2. The summed E-state index contributed by atoms with van der Waals surface area (Å²) < 4.78 is 50.1. The van der Waals surface area contributed by atoms with Gasteiger partial charge in [-0.05, 0) is 40.0 Å². The zero-order chi connectivity index (χ0) is 28.7. The number of carbonyl (C=O) groups is 2. The molecule has 1 saturated carbocycles. The van der Waals surface area contributed by atoms with Gasteiger partial charge in [-0.2, -0.15) is 9.97 Å². The Kier molecular flexibility index (Phi) is 14.0. The van der Waals surface area contributed by atoms with Crippen LogP contribution in [0.5, 0.6) is 5.88 Å². The highest BCUT2D eigenvalue weighted by atomic mass is 31.2. The summed E-state index contributed by atoms with van der Waals surface area (Å²) in [6.45, 7) is 6.64. The van der Waals surface area contributed by atoms with E-state index < -0.39 is 32.6 Å². The molecule has 1 unspecified atom stereocenters. The summed E-state index contributed by atoms with van der Waals surface area (Å²) in [5, 5.41) is 3.22. The van der Waals surface area contributed by atoms with Crippen molar-refractivity contribution in [3.8, 4) is 5.88 Å². The fourth-order valence-electron chi connectivity index (χ4n) is 2.82. The van der Waals surface area contributed by atoms with Gasteiger partial charge in [0.05, 0.1) is 18.9 Å². The largest absolute Gasteiger partial charge is 0.510 e. The minimum absolute atomic E-state index is 0.0375. The van der Waals surface area contributed by atoms with E-state index in [-0.39, 0.29) is 37.8 Å². The number of hydrogen-bond donors (Lipinski definition) is 2. The Balaban J connectivity index is 2.07.